The van der Waals surface area contributed by atoms with Gasteiger partial charge < -0.3 is 0 Å². The van der Waals surface area contributed by atoms with Crippen molar-refractivity contribution in [2.75, 3.05) is 0 Å². The molecule has 0 radical (unpaired) electrons. The minimum absolute atomic E-state index is 0.0568. The highest BCUT2D eigenvalue weighted by Crippen LogP contribution is 2.55. The van der Waals surface area contributed by atoms with Gasteiger partial charge in [0, 0.05) is 6.42 Å². The average Bonchev–Trinajstić information content (AvgIpc) is 2.90. The molecule has 0 spiro atoms. The predicted molar refractivity (Wildman–Crippen MR) is 67.2 cm³/mol. The van der Waals surface area contributed by atoms with E-state index in [0.29, 0.717) is 5.69 Å². The first kappa shape index (κ1) is 13.6. The summed E-state index contributed by atoms with van der Waals surface area (Å²) in [5.74, 6) is -3.20. The second-order valence-corrected chi connectivity index (χ2v) is 4.01. The summed E-state index contributed by atoms with van der Waals surface area (Å²) >= 11 is 0. The molecule has 1 nitrogen and oxygen atoms in total. The zero-order valence-electron chi connectivity index (χ0n) is 10.2. The van der Waals surface area contributed by atoms with Crippen molar-refractivity contribution in [3.05, 3.63) is 48.3 Å². The number of hydrogen-bond acceptors (Lipinski definition) is 1. The van der Waals surface area contributed by atoms with Crippen molar-refractivity contribution in [1.82, 2.24) is 4.98 Å². The summed E-state index contributed by atoms with van der Waals surface area (Å²) in [4.78, 5) is 4.21. The molecule has 0 bridgehead atoms. The van der Waals surface area contributed by atoms with Crippen molar-refractivity contribution < 1.29 is 8.78 Å². The molecular weight excluding hydrogens is 220 g/mol. The number of rotatable bonds is 2. The highest BCUT2D eigenvalue weighted by molar-refractivity contribution is 5.46. The third-order valence-electron chi connectivity index (χ3n) is 2.53. The Bertz CT molecular complexity index is 424. The second-order valence-electron chi connectivity index (χ2n) is 4.01. The summed E-state index contributed by atoms with van der Waals surface area (Å²) in [5, 5.41) is 0. The lowest BCUT2D eigenvalue weighted by Crippen LogP contribution is -1.97. The van der Waals surface area contributed by atoms with E-state index in [1.54, 1.807) is 6.07 Å². The van der Waals surface area contributed by atoms with Crippen LogP contribution in [0.2, 0.25) is 0 Å². The highest BCUT2D eigenvalue weighted by atomic mass is 19.3. The van der Waals surface area contributed by atoms with Crippen molar-refractivity contribution in [3.63, 3.8) is 0 Å². The van der Waals surface area contributed by atoms with Crippen LogP contribution >= 0.6 is 0 Å². The molecule has 0 aliphatic heterocycles. The van der Waals surface area contributed by atoms with Crippen molar-refractivity contribution >= 4 is 6.08 Å². The lowest BCUT2D eigenvalue weighted by atomic mass is 10.1. The lowest BCUT2D eigenvalue weighted by molar-refractivity contribution is 0.111. The Labute approximate surface area is 101 Å². The Morgan fingerprint density at radius 1 is 1.41 bits per heavy atom. The number of allylic oxidation sites excluding steroid dienone is 1. The van der Waals surface area contributed by atoms with Crippen molar-refractivity contribution in [2.45, 2.75) is 32.1 Å². The van der Waals surface area contributed by atoms with Crippen LogP contribution in [0.1, 0.15) is 36.2 Å². The number of alkyl halides is 2. The molecule has 3 heteroatoms. The topological polar surface area (TPSA) is 12.9 Å². The number of pyridine rings is 1. The zero-order chi connectivity index (χ0) is 13.1. The molecule has 0 N–H and O–H groups in total. The molecular formula is C14H17F2N. The molecule has 1 saturated carbocycles. The molecule has 17 heavy (non-hydrogen) atoms. The number of aromatic nitrogens is 1. The number of nitrogens with zero attached hydrogens (tertiary/aromatic N) is 1. The van der Waals surface area contributed by atoms with Gasteiger partial charge in [-0.3, -0.25) is 4.98 Å². The van der Waals surface area contributed by atoms with Gasteiger partial charge in [0.15, 0.2) is 0 Å². The zero-order valence-corrected chi connectivity index (χ0v) is 10.2. The van der Waals surface area contributed by atoms with E-state index < -0.39 is 11.8 Å². The molecule has 1 fully saturated rings. The smallest absolute Gasteiger partial charge is 0.253 e. The van der Waals surface area contributed by atoms with Gasteiger partial charge in [0.2, 0.25) is 0 Å². The van der Waals surface area contributed by atoms with Gasteiger partial charge in [-0.2, -0.15) is 0 Å². The lowest BCUT2D eigenvalue weighted by Gasteiger charge is -2.03. The quantitative estimate of drug-likeness (QED) is 0.697. The summed E-state index contributed by atoms with van der Waals surface area (Å²) in [6.07, 6.45) is 3.63. The van der Waals surface area contributed by atoms with Crippen molar-refractivity contribution in [3.8, 4) is 0 Å². The Morgan fingerprint density at radius 3 is 2.47 bits per heavy atom. The van der Waals surface area contributed by atoms with Gasteiger partial charge in [-0.15, -0.1) is 13.2 Å². The van der Waals surface area contributed by atoms with E-state index in [0.717, 1.165) is 11.3 Å². The van der Waals surface area contributed by atoms with E-state index >= 15 is 0 Å². The van der Waals surface area contributed by atoms with Crippen LogP contribution in [-0.2, 0) is 0 Å². The van der Waals surface area contributed by atoms with Crippen LogP contribution < -0.4 is 0 Å². The molecule has 1 aromatic heterocycles. The van der Waals surface area contributed by atoms with E-state index in [1.165, 1.54) is 0 Å². The first-order chi connectivity index (χ1) is 8.03. The van der Waals surface area contributed by atoms with E-state index in [1.807, 2.05) is 32.1 Å². The Hall–Kier alpha value is -1.51. The Morgan fingerprint density at radius 2 is 2.00 bits per heavy atom. The van der Waals surface area contributed by atoms with Gasteiger partial charge in [-0.25, -0.2) is 8.78 Å². The van der Waals surface area contributed by atoms with Gasteiger partial charge >= 0.3 is 0 Å². The monoisotopic (exact) mass is 237 g/mol. The Kier molecular flexibility index (Phi) is 4.16. The molecule has 0 amide bonds. The molecule has 1 unspecified atom stereocenters. The van der Waals surface area contributed by atoms with E-state index in [9.17, 15) is 8.78 Å². The molecule has 1 heterocycles. The standard InChI is InChI=1S/C12H13F2N.C2H4/c1-3-4-9-5-8(2)6-11(15-9)10-7-12(10,13)14;1-2/h3-6,10H,7H2,1-2H3;1-2H2/b4-3+;. The molecule has 0 saturated heterocycles. The molecule has 92 valence electrons. The number of hydrogen-bond donors (Lipinski definition) is 0. The highest BCUT2D eigenvalue weighted by Gasteiger charge is 2.58. The summed E-state index contributed by atoms with van der Waals surface area (Å²) in [6.45, 7) is 9.79. The van der Waals surface area contributed by atoms with Crippen LogP contribution in [0.5, 0.6) is 0 Å². The largest absolute Gasteiger partial charge is 0.257 e. The van der Waals surface area contributed by atoms with Crippen LogP contribution in [0.3, 0.4) is 0 Å². The number of halogens is 2. The van der Waals surface area contributed by atoms with E-state index in [-0.39, 0.29) is 6.42 Å². The van der Waals surface area contributed by atoms with Crippen LogP contribution in [0.15, 0.2) is 31.4 Å². The average molecular weight is 237 g/mol. The maximum Gasteiger partial charge on any atom is 0.257 e. The van der Waals surface area contributed by atoms with Crippen LogP contribution in [0.4, 0.5) is 8.78 Å². The van der Waals surface area contributed by atoms with E-state index in [4.69, 9.17) is 0 Å². The van der Waals surface area contributed by atoms with Gasteiger partial charge in [-0.1, -0.05) is 6.08 Å². The van der Waals surface area contributed by atoms with Gasteiger partial charge in [-0.05, 0) is 37.6 Å². The molecule has 1 aliphatic carbocycles. The maximum atomic E-state index is 12.9. The van der Waals surface area contributed by atoms with Crippen molar-refractivity contribution in [2.24, 2.45) is 0 Å². The first-order valence-electron chi connectivity index (χ1n) is 5.52. The summed E-state index contributed by atoms with van der Waals surface area (Å²) < 4.78 is 25.7. The van der Waals surface area contributed by atoms with Gasteiger partial charge in [0.25, 0.3) is 5.92 Å². The molecule has 2 rings (SSSR count). The molecule has 1 atom stereocenters. The fourth-order valence-corrected chi connectivity index (χ4v) is 1.69. The normalized spacial score (nSPS) is 20.8. The summed E-state index contributed by atoms with van der Waals surface area (Å²) in [6, 6.07) is 3.64. The third-order valence-corrected chi connectivity index (χ3v) is 2.53. The Balaban J connectivity index is 0.000000686. The minimum Gasteiger partial charge on any atom is -0.253 e. The summed E-state index contributed by atoms with van der Waals surface area (Å²) in [5.41, 5.74) is 2.26. The molecule has 1 aliphatic rings. The SMILES string of the molecule is C/C=C/c1cc(C)cc(C2CC2(F)F)n1.C=C. The third kappa shape index (κ3) is 3.22. The van der Waals surface area contributed by atoms with Crippen molar-refractivity contribution in [1.29, 1.82) is 0 Å². The van der Waals surface area contributed by atoms with E-state index in [2.05, 4.69) is 18.1 Å². The van der Waals surface area contributed by atoms with Crippen LogP contribution in [0.25, 0.3) is 6.08 Å². The second kappa shape index (κ2) is 5.21. The summed E-state index contributed by atoms with van der Waals surface area (Å²) in [7, 11) is 0. The maximum absolute atomic E-state index is 12.9. The number of aryl methyl sites for hydroxylation is 1. The fraction of sp³-hybridized carbons (Fsp3) is 0.357. The first-order valence-corrected chi connectivity index (χ1v) is 5.52. The molecule has 0 aromatic carbocycles. The van der Waals surface area contributed by atoms with Gasteiger partial charge in [0.1, 0.15) is 0 Å². The fourth-order valence-electron chi connectivity index (χ4n) is 1.69. The minimum atomic E-state index is -2.53. The van der Waals surface area contributed by atoms with Crippen LogP contribution in [0, 0.1) is 6.92 Å². The predicted octanol–water partition coefficient (Wildman–Crippen LogP) is 4.35. The van der Waals surface area contributed by atoms with Gasteiger partial charge in [0.05, 0.1) is 17.3 Å². The molecule has 1 aromatic rings. The van der Waals surface area contributed by atoms with Crippen LogP contribution in [-0.4, -0.2) is 10.9 Å².